The minimum absolute atomic E-state index is 0.00311. The highest BCUT2D eigenvalue weighted by Gasteiger charge is 2.50. The molecule has 0 unspecified atom stereocenters. The first-order valence-electron chi connectivity index (χ1n) is 10.0. The summed E-state index contributed by atoms with van der Waals surface area (Å²) in [5.74, 6) is 1.13. The van der Waals surface area contributed by atoms with E-state index in [2.05, 4.69) is 29.2 Å². The lowest BCUT2D eigenvalue weighted by Gasteiger charge is -2.43. The van der Waals surface area contributed by atoms with E-state index in [-0.39, 0.29) is 24.5 Å². The Bertz CT molecular complexity index is 783. The van der Waals surface area contributed by atoms with Crippen molar-refractivity contribution < 1.29 is 14.6 Å². The number of likely N-dealkylation sites (tertiary alicyclic amines) is 2. The first-order chi connectivity index (χ1) is 13.7. The lowest BCUT2D eigenvalue weighted by Crippen LogP contribution is -2.53. The molecule has 0 aliphatic carbocycles. The van der Waals surface area contributed by atoms with Gasteiger partial charge in [-0.25, -0.2) is 0 Å². The van der Waals surface area contributed by atoms with Gasteiger partial charge in [0.1, 0.15) is 5.75 Å². The van der Waals surface area contributed by atoms with Crippen LogP contribution >= 0.6 is 0 Å². The predicted octanol–water partition coefficient (Wildman–Crippen LogP) is 2.41. The second-order valence-corrected chi connectivity index (χ2v) is 8.08. The van der Waals surface area contributed by atoms with E-state index in [1.165, 1.54) is 5.56 Å². The molecule has 0 bridgehead atoms. The fraction of sp³-hybridized carbons (Fsp3) is 0.435. The van der Waals surface area contributed by atoms with Crippen molar-refractivity contribution in [2.45, 2.75) is 13.0 Å². The maximum absolute atomic E-state index is 12.7. The molecule has 2 aromatic rings. The Morgan fingerprint density at radius 3 is 2.50 bits per heavy atom. The van der Waals surface area contributed by atoms with Crippen molar-refractivity contribution in [3.8, 4) is 5.75 Å². The van der Waals surface area contributed by atoms with Crippen LogP contribution in [0.5, 0.6) is 5.75 Å². The molecule has 1 N–H and O–H groups in total. The summed E-state index contributed by atoms with van der Waals surface area (Å²) in [5, 5.41) is 10.2. The average Bonchev–Trinajstić information content (AvgIpc) is 3.11. The predicted molar refractivity (Wildman–Crippen MR) is 108 cm³/mol. The van der Waals surface area contributed by atoms with E-state index in [0.29, 0.717) is 18.2 Å². The number of amides is 1. The summed E-state index contributed by atoms with van der Waals surface area (Å²) in [6, 6.07) is 19.9. The van der Waals surface area contributed by atoms with Crippen LogP contribution in [0.2, 0.25) is 0 Å². The van der Waals surface area contributed by atoms with E-state index in [1.54, 1.807) is 0 Å². The van der Waals surface area contributed by atoms with Crippen molar-refractivity contribution >= 4 is 5.91 Å². The average molecular weight is 380 g/mol. The topological polar surface area (TPSA) is 53.0 Å². The molecule has 2 aliphatic heterocycles. The highest BCUT2D eigenvalue weighted by atomic mass is 16.5. The van der Waals surface area contributed by atoms with Crippen LogP contribution in [0.1, 0.15) is 12.0 Å². The number of rotatable bonds is 6. The molecule has 0 aromatic heterocycles. The van der Waals surface area contributed by atoms with Crippen molar-refractivity contribution in [3.63, 3.8) is 0 Å². The molecule has 4 rings (SSSR count). The van der Waals surface area contributed by atoms with Gasteiger partial charge in [0.05, 0.1) is 6.61 Å². The lowest BCUT2D eigenvalue weighted by molar-refractivity contribution is -0.138. The molecule has 5 nitrogen and oxygen atoms in total. The molecule has 0 spiro atoms. The molecule has 2 fully saturated rings. The molecule has 0 radical (unpaired) electrons. The van der Waals surface area contributed by atoms with Crippen LogP contribution in [0.4, 0.5) is 0 Å². The second-order valence-electron chi connectivity index (χ2n) is 8.08. The van der Waals surface area contributed by atoms with Gasteiger partial charge in [0.15, 0.2) is 6.61 Å². The maximum atomic E-state index is 12.7. The van der Waals surface area contributed by atoms with Gasteiger partial charge in [-0.3, -0.25) is 9.69 Å². The molecular weight excluding hydrogens is 352 g/mol. The van der Waals surface area contributed by atoms with E-state index in [0.717, 1.165) is 32.6 Å². The number of aliphatic hydroxyl groups excluding tert-OH is 1. The number of carbonyl (C=O) groups excluding carboxylic acids is 1. The molecule has 1 amide bonds. The van der Waals surface area contributed by atoms with E-state index in [4.69, 9.17) is 4.74 Å². The van der Waals surface area contributed by atoms with Gasteiger partial charge < -0.3 is 14.7 Å². The van der Waals surface area contributed by atoms with Crippen molar-refractivity contribution in [1.82, 2.24) is 9.80 Å². The third kappa shape index (κ3) is 4.05. The Kier molecular flexibility index (Phi) is 5.64. The van der Waals surface area contributed by atoms with Crippen LogP contribution < -0.4 is 4.74 Å². The van der Waals surface area contributed by atoms with Gasteiger partial charge in [0, 0.05) is 38.1 Å². The Morgan fingerprint density at radius 2 is 1.79 bits per heavy atom. The number of carbonyl (C=O) groups is 1. The minimum atomic E-state index is -0.227. The van der Waals surface area contributed by atoms with Gasteiger partial charge in [-0.2, -0.15) is 0 Å². The van der Waals surface area contributed by atoms with Crippen molar-refractivity contribution in [2.24, 2.45) is 11.3 Å². The number of aliphatic hydroxyl groups is 1. The van der Waals surface area contributed by atoms with Gasteiger partial charge >= 0.3 is 0 Å². The van der Waals surface area contributed by atoms with Gasteiger partial charge in [0.25, 0.3) is 5.91 Å². The van der Waals surface area contributed by atoms with E-state index >= 15 is 0 Å². The number of ether oxygens (including phenoxy) is 1. The monoisotopic (exact) mass is 380 g/mol. The van der Waals surface area contributed by atoms with Gasteiger partial charge in [-0.15, -0.1) is 0 Å². The number of nitrogens with zero attached hydrogens (tertiary/aromatic N) is 2. The Balaban J connectivity index is 1.37. The highest BCUT2D eigenvalue weighted by Crippen LogP contribution is 2.42. The number of fused-ring (bicyclic) bond motifs is 1. The van der Waals surface area contributed by atoms with Crippen molar-refractivity contribution in [1.29, 1.82) is 0 Å². The first kappa shape index (κ1) is 19.0. The number of para-hydroxylation sites is 1. The molecule has 0 saturated carbocycles. The molecule has 28 heavy (non-hydrogen) atoms. The lowest BCUT2D eigenvalue weighted by atomic mass is 9.74. The Hall–Kier alpha value is -2.37. The zero-order chi connectivity index (χ0) is 19.4. The minimum Gasteiger partial charge on any atom is -0.484 e. The fourth-order valence-corrected chi connectivity index (χ4v) is 4.65. The highest BCUT2D eigenvalue weighted by molar-refractivity contribution is 5.78. The molecule has 2 saturated heterocycles. The number of benzene rings is 2. The molecule has 2 aliphatic rings. The molecule has 5 heteroatoms. The van der Waals surface area contributed by atoms with Crippen molar-refractivity contribution in [2.75, 3.05) is 39.4 Å². The molecule has 2 atom stereocenters. The van der Waals surface area contributed by atoms with Crippen LogP contribution in [0.15, 0.2) is 60.7 Å². The van der Waals surface area contributed by atoms with Crippen LogP contribution in [-0.2, 0) is 11.3 Å². The zero-order valence-corrected chi connectivity index (χ0v) is 16.2. The smallest absolute Gasteiger partial charge is 0.260 e. The third-order valence-electron chi connectivity index (χ3n) is 6.16. The molecular formula is C23H28N2O3. The second kappa shape index (κ2) is 8.33. The Morgan fingerprint density at radius 1 is 1.07 bits per heavy atom. The normalized spacial score (nSPS) is 24.8. The Labute approximate surface area is 166 Å². The molecule has 2 heterocycles. The van der Waals surface area contributed by atoms with Crippen LogP contribution in [0, 0.1) is 11.3 Å². The van der Waals surface area contributed by atoms with E-state index in [9.17, 15) is 9.90 Å². The van der Waals surface area contributed by atoms with Gasteiger partial charge in [0.2, 0.25) is 0 Å². The van der Waals surface area contributed by atoms with Crippen LogP contribution in [-0.4, -0.2) is 60.2 Å². The summed E-state index contributed by atoms with van der Waals surface area (Å²) < 4.78 is 5.63. The zero-order valence-electron chi connectivity index (χ0n) is 16.2. The van der Waals surface area contributed by atoms with E-state index in [1.807, 2.05) is 41.3 Å². The first-order valence-corrected chi connectivity index (χ1v) is 10.0. The summed E-state index contributed by atoms with van der Waals surface area (Å²) in [4.78, 5) is 17.0. The summed E-state index contributed by atoms with van der Waals surface area (Å²) >= 11 is 0. The van der Waals surface area contributed by atoms with Gasteiger partial charge in [-0.1, -0.05) is 48.5 Å². The maximum Gasteiger partial charge on any atom is 0.260 e. The van der Waals surface area contributed by atoms with Crippen LogP contribution in [0.25, 0.3) is 0 Å². The quantitative estimate of drug-likeness (QED) is 0.836. The number of hydrogen-bond acceptors (Lipinski definition) is 4. The standard InChI is InChI=1S/C23H28N2O3/c26-18-23-16-24(13-19-7-3-1-4-8-19)14-20(23)11-12-25(17-23)22(27)15-28-21-9-5-2-6-10-21/h1-10,20,26H,11-18H2/t20-,23-/m0/s1. The van der Waals surface area contributed by atoms with Crippen LogP contribution in [0.3, 0.4) is 0 Å². The van der Waals surface area contributed by atoms with E-state index < -0.39 is 0 Å². The summed E-state index contributed by atoms with van der Waals surface area (Å²) in [6.07, 6.45) is 0.933. The largest absolute Gasteiger partial charge is 0.484 e. The SMILES string of the molecule is O=C(COc1ccccc1)N1CC[C@H]2CN(Cc3ccccc3)C[C@@]2(CO)C1. The summed E-state index contributed by atoms with van der Waals surface area (Å²) in [6.45, 7) is 4.21. The van der Waals surface area contributed by atoms with Crippen molar-refractivity contribution in [3.05, 3.63) is 66.2 Å². The molecule has 148 valence electrons. The van der Waals surface area contributed by atoms with Gasteiger partial charge in [-0.05, 0) is 30.0 Å². The number of hydrogen-bond donors (Lipinski definition) is 1. The third-order valence-corrected chi connectivity index (χ3v) is 6.16. The number of piperidine rings is 1. The summed E-state index contributed by atoms with van der Waals surface area (Å²) in [7, 11) is 0. The molecule has 2 aromatic carbocycles. The fourth-order valence-electron chi connectivity index (χ4n) is 4.65. The summed E-state index contributed by atoms with van der Waals surface area (Å²) in [5.41, 5.74) is 1.06.